The molecule has 23 heavy (non-hydrogen) atoms. The van der Waals surface area contributed by atoms with E-state index in [0.29, 0.717) is 0 Å². The Bertz CT molecular complexity index is 735. The number of amides is 1. The summed E-state index contributed by atoms with van der Waals surface area (Å²) >= 11 is 0. The highest BCUT2D eigenvalue weighted by molar-refractivity contribution is 7.90. The van der Waals surface area contributed by atoms with Crippen molar-refractivity contribution in [3.8, 4) is 0 Å². The van der Waals surface area contributed by atoms with Crippen LogP contribution in [0.5, 0.6) is 0 Å². The maximum absolute atomic E-state index is 12.6. The van der Waals surface area contributed by atoms with Crippen LogP contribution in [0.3, 0.4) is 0 Å². The highest BCUT2D eigenvalue weighted by atomic mass is 32.2. The molecule has 0 aliphatic heterocycles. The molecule has 0 spiro atoms. The molecule has 0 saturated carbocycles. The third-order valence-electron chi connectivity index (χ3n) is 3.93. The summed E-state index contributed by atoms with van der Waals surface area (Å²) in [5, 5.41) is 11.0. The van der Waals surface area contributed by atoms with E-state index in [1.54, 1.807) is 7.05 Å². The normalized spacial score (nSPS) is 13.5. The number of hydrogen-bond acceptors (Lipinski definition) is 5. The predicted molar refractivity (Wildman–Crippen MR) is 87.2 cm³/mol. The van der Waals surface area contributed by atoms with Crippen molar-refractivity contribution in [2.75, 3.05) is 13.3 Å². The molecule has 8 heteroatoms. The number of carbonyl (C=O) groups excluding carboxylic acids is 1. The van der Waals surface area contributed by atoms with Gasteiger partial charge >= 0.3 is 0 Å². The first kappa shape index (κ1) is 19.1. The number of nitro benzene ring substituents is 1. The van der Waals surface area contributed by atoms with Crippen molar-refractivity contribution in [1.82, 2.24) is 4.90 Å². The molecule has 7 nitrogen and oxygen atoms in total. The van der Waals surface area contributed by atoms with Crippen molar-refractivity contribution in [2.24, 2.45) is 5.41 Å². The van der Waals surface area contributed by atoms with Gasteiger partial charge in [-0.25, -0.2) is 8.42 Å². The molecule has 1 amide bonds. The van der Waals surface area contributed by atoms with Crippen molar-refractivity contribution < 1.29 is 18.1 Å². The predicted octanol–water partition coefficient (Wildman–Crippen LogP) is 2.50. The van der Waals surface area contributed by atoms with Crippen LogP contribution in [0, 0.1) is 15.5 Å². The molecule has 0 aliphatic carbocycles. The molecule has 0 unspecified atom stereocenters. The standard InChI is InChI=1S/C15H22N2O5S/c1-10(15(2,3)4)16(5)14(18)11-7-12(17(19)20)9-13(8-11)23(6,21)22/h7-10H,1-6H3/t10-/m1/s1. The molecule has 1 aromatic rings. The van der Waals surface area contributed by atoms with Crippen LogP contribution in [0.25, 0.3) is 0 Å². The van der Waals surface area contributed by atoms with Crippen LogP contribution >= 0.6 is 0 Å². The monoisotopic (exact) mass is 342 g/mol. The lowest BCUT2D eigenvalue weighted by Crippen LogP contribution is -2.43. The van der Waals surface area contributed by atoms with E-state index in [4.69, 9.17) is 0 Å². The van der Waals surface area contributed by atoms with Gasteiger partial charge in [-0.3, -0.25) is 14.9 Å². The summed E-state index contributed by atoms with van der Waals surface area (Å²) in [6.07, 6.45) is 0.946. The second-order valence-electron chi connectivity index (χ2n) is 6.70. The van der Waals surface area contributed by atoms with Crippen LogP contribution in [-0.4, -0.2) is 43.5 Å². The Morgan fingerprint density at radius 3 is 2.17 bits per heavy atom. The summed E-state index contributed by atoms with van der Waals surface area (Å²) in [6.45, 7) is 7.77. The molecule has 0 fully saturated rings. The van der Waals surface area contributed by atoms with Gasteiger partial charge in [0.2, 0.25) is 0 Å². The molecule has 0 aromatic heterocycles. The van der Waals surface area contributed by atoms with Crippen LogP contribution in [0.15, 0.2) is 23.1 Å². The molecular formula is C15H22N2O5S. The molecule has 0 radical (unpaired) electrons. The van der Waals surface area contributed by atoms with Crippen molar-refractivity contribution >= 4 is 21.4 Å². The van der Waals surface area contributed by atoms with Gasteiger partial charge in [-0.05, 0) is 18.4 Å². The number of sulfone groups is 1. The highest BCUT2D eigenvalue weighted by Gasteiger charge is 2.29. The minimum atomic E-state index is -3.66. The zero-order valence-corrected chi connectivity index (χ0v) is 15.0. The lowest BCUT2D eigenvalue weighted by atomic mass is 9.87. The van der Waals surface area contributed by atoms with E-state index in [-0.39, 0.29) is 21.9 Å². The fourth-order valence-corrected chi connectivity index (χ4v) is 2.66. The minimum Gasteiger partial charge on any atom is -0.338 e. The zero-order valence-electron chi connectivity index (χ0n) is 14.2. The first-order valence-electron chi connectivity index (χ1n) is 7.02. The summed E-state index contributed by atoms with van der Waals surface area (Å²) < 4.78 is 23.4. The number of non-ortho nitro benzene ring substituents is 1. The van der Waals surface area contributed by atoms with Crippen LogP contribution in [0.2, 0.25) is 0 Å². The van der Waals surface area contributed by atoms with Gasteiger partial charge in [0, 0.05) is 37.0 Å². The molecule has 0 bridgehead atoms. The largest absolute Gasteiger partial charge is 0.338 e. The van der Waals surface area contributed by atoms with Crippen LogP contribution < -0.4 is 0 Å². The number of benzene rings is 1. The topological polar surface area (TPSA) is 97.6 Å². The summed E-state index contributed by atoms with van der Waals surface area (Å²) in [6, 6.07) is 3.09. The van der Waals surface area contributed by atoms with E-state index < -0.39 is 26.4 Å². The van der Waals surface area contributed by atoms with Crippen LogP contribution in [0.4, 0.5) is 5.69 Å². The summed E-state index contributed by atoms with van der Waals surface area (Å²) in [7, 11) is -2.07. The Kier molecular flexibility index (Phi) is 5.20. The Balaban J connectivity index is 3.39. The van der Waals surface area contributed by atoms with Gasteiger partial charge < -0.3 is 4.90 Å². The van der Waals surface area contributed by atoms with Crippen molar-refractivity contribution in [3.63, 3.8) is 0 Å². The molecule has 0 aliphatic rings. The average Bonchev–Trinajstić information content (AvgIpc) is 2.42. The fraction of sp³-hybridized carbons (Fsp3) is 0.533. The fourth-order valence-electron chi connectivity index (χ4n) is 1.99. The van der Waals surface area contributed by atoms with Gasteiger partial charge in [-0.2, -0.15) is 0 Å². The zero-order chi connectivity index (χ0) is 18.2. The van der Waals surface area contributed by atoms with E-state index >= 15 is 0 Å². The molecule has 128 valence electrons. The SMILES string of the molecule is C[C@@H](N(C)C(=O)c1cc([N+](=O)[O-])cc(S(C)(=O)=O)c1)C(C)(C)C. The highest BCUT2D eigenvalue weighted by Crippen LogP contribution is 2.26. The summed E-state index contributed by atoms with van der Waals surface area (Å²) in [4.78, 5) is 24.1. The van der Waals surface area contributed by atoms with Gasteiger partial charge in [-0.15, -0.1) is 0 Å². The molecule has 1 rings (SSSR count). The van der Waals surface area contributed by atoms with Crippen LogP contribution in [-0.2, 0) is 9.84 Å². The summed E-state index contributed by atoms with van der Waals surface area (Å²) in [5.74, 6) is -0.457. The Hall–Kier alpha value is -1.96. The van der Waals surface area contributed by atoms with E-state index in [0.717, 1.165) is 18.4 Å². The second kappa shape index (κ2) is 6.27. The van der Waals surface area contributed by atoms with Crippen molar-refractivity contribution in [2.45, 2.75) is 38.6 Å². The first-order valence-corrected chi connectivity index (χ1v) is 8.91. The van der Waals surface area contributed by atoms with E-state index in [9.17, 15) is 23.3 Å². The van der Waals surface area contributed by atoms with Gasteiger partial charge in [-0.1, -0.05) is 20.8 Å². The molecule has 1 atom stereocenters. The first-order chi connectivity index (χ1) is 10.2. The third-order valence-corrected chi connectivity index (χ3v) is 5.02. The Morgan fingerprint density at radius 2 is 1.78 bits per heavy atom. The van der Waals surface area contributed by atoms with Gasteiger partial charge in [0.25, 0.3) is 11.6 Å². The molecule has 1 aromatic carbocycles. The van der Waals surface area contributed by atoms with Gasteiger partial charge in [0.15, 0.2) is 9.84 Å². The lowest BCUT2D eigenvalue weighted by molar-refractivity contribution is -0.385. The minimum absolute atomic E-state index is 0.0155. The van der Waals surface area contributed by atoms with Gasteiger partial charge in [0.05, 0.1) is 9.82 Å². The van der Waals surface area contributed by atoms with Crippen LogP contribution in [0.1, 0.15) is 38.1 Å². The second-order valence-corrected chi connectivity index (χ2v) is 8.72. The third kappa shape index (κ3) is 4.51. The van der Waals surface area contributed by atoms with Crippen molar-refractivity contribution in [1.29, 1.82) is 0 Å². The lowest BCUT2D eigenvalue weighted by Gasteiger charge is -2.35. The Morgan fingerprint density at radius 1 is 1.26 bits per heavy atom. The number of rotatable bonds is 4. The molecule has 0 heterocycles. The van der Waals surface area contributed by atoms with E-state index in [2.05, 4.69) is 0 Å². The quantitative estimate of drug-likeness (QED) is 0.618. The molecular weight excluding hydrogens is 320 g/mol. The maximum atomic E-state index is 12.6. The van der Waals surface area contributed by atoms with Crippen molar-refractivity contribution in [3.05, 3.63) is 33.9 Å². The molecule has 0 N–H and O–H groups in total. The van der Waals surface area contributed by atoms with E-state index in [1.165, 1.54) is 11.0 Å². The van der Waals surface area contributed by atoms with E-state index in [1.807, 2.05) is 27.7 Å². The molecule has 0 saturated heterocycles. The summed E-state index contributed by atoms with van der Waals surface area (Å²) in [5.41, 5.74) is -0.628. The number of hydrogen-bond donors (Lipinski definition) is 0. The maximum Gasteiger partial charge on any atom is 0.271 e. The number of nitrogens with zero attached hydrogens (tertiary/aromatic N) is 2. The van der Waals surface area contributed by atoms with Gasteiger partial charge in [0.1, 0.15) is 0 Å². The smallest absolute Gasteiger partial charge is 0.271 e. The number of carbonyl (C=O) groups is 1. The Labute approximate surface area is 136 Å². The average molecular weight is 342 g/mol. The number of nitro groups is 1.